The number of benzene rings is 1. The zero-order chi connectivity index (χ0) is 24.6. The highest BCUT2D eigenvalue weighted by atomic mass is 16.7. The maximum atomic E-state index is 12.7. The van der Waals surface area contributed by atoms with E-state index >= 15 is 0 Å². The minimum atomic E-state index is -0.918. The summed E-state index contributed by atoms with van der Waals surface area (Å²) >= 11 is 0. The first-order valence-electron chi connectivity index (χ1n) is 11.9. The number of carbonyl (C=O) groups is 3. The van der Waals surface area contributed by atoms with Crippen LogP contribution in [-0.4, -0.2) is 58.8 Å². The lowest BCUT2D eigenvalue weighted by Crippen LogP contribution is -2.47. The smallest absolute Gasteiger partial charge is 0.327 e. The highest BCUT2D eigenvalue weighted by Gasteiger charge is 2.31. The lowest BCUT2D eigenvalue weighted by molar-refractivity contribution is -0.138. The number of aromatic nitrogens is 1. The van der Waals surface area contributed by atoms with E-state index in [1.165, 1.54) is 0 Å². The molecule has 2 aromatic rings. The third kappa shape index (κ3) is 6.84. The van der Waals surface area contributed by atoms with Crippen molar-refractivity contribution in [2.24, 2.45) is 5.92 Å². The predicted octanol–water partition coefficient (Wildman–Crippen LogP) is 2.40. The number of likely N-dealkylation sites (tertiary alicyclic amines) is 1. The van der Waals surface area contributed by atoms with Gasteiger partial charge in [-0.05, 0) is 55.5 Å². The van der Waals surface area contributed by atoms with Crippen molar-refractivity contribution >= 4 is 23.6 Å². The van der Waals surface area contributed by atoms with Gasteiger partial charge in [0.15, 0.2) is 11.5 Å². The van der Waals surface area contributed by atoms with Crippen molar-refractivity contribution in [3.05, 3.63) is 48.2 Å². The molecule has 1 unspecified atom stereocenters. The quantitative estimate of drug-likeness (QED) is 0.440. The second-order valence-electron chi connectivity index (χ2n) is 8.65. The lowest BCUT2D eigenvalue weighted by atomic mass is 9.95. The fourth-order valence-electron chi connectivity index (χ4n) is 4.17. The van der Waals surface area contributed by atoms with Crippen molar-refractivity contribution in [2.75, 3.05) is 25.0 Å². The average molecular weight is 483 g/mol. The van der Waals surface area contributed by atoms with E-state index in [0.717, 1.165) is 11.4 Å². The van der Waals surface area contributed by atoms with Crippen LogP contribution in [0.4, 0.5) is 5.82 Å². The number of nitrogens with one attached hydrogen (secondary N) is 2. The van der Waals surface area contributed by atoms with Crippen LogP contribution in [0.3, 0.4) is 0 Å². The standard InChI is InChI=1S/C25H30N4O6/c30-22(5-3-13-27-21-4-1-2-12-26-21)29-14-10-18(11-15-29)24(33)28-25-34-19-8-6-17(7-9-23(31)32)16-20(19)35-25/h1-2,4,6,8,12,16,18,25H,3,5,7,9-11,13-15H2,(H,26,27)(H,28,33)(H,31,32). The van der Waals surface area contributed by atoms with Crippen LogP contribution in [0.1, 0.15) is 37.7 Å². The number of rotatable bonds is 10. The predicted molar refractivity (Wildman–Crippen MR) is 127 cm³/mol. The minimum Gasteiger partial charge on any atom is -0.481 e. The van der Waals surface area contributed by atoms with Gasteiger partial charge in [-0.2, -0.15) is 0 Å². The van der Waals surface area contributed by atoms with Gasteiger partial charge < -0.3 is 24.8 Å². The summed E-state index contributed by atoms with van der Waals surface area (Å²) in [5.41, 5.74) is 0.825. The van der Waals surface area contributed by atoms with Gasteiger partial charge in [-0.3, -0.25) is 19.7 Å². The summed E-state index contributed by atoms with van der Waals surface area (Å²) in [6.45, 7) is 1.76. The van der Waals surface area contributed by atoms with Crippen LogP contribution < -0.4 is 20.1 Å². The zero-order valence-corrected chi connectivity index (χ0v) is 19.4. The molecule has 186 valence electrons. The monoisotopic (exact) mass is 482 g/mol. The molecule has 1 saturated heterocycles. The maximum Gasteiger partial charge on any atom is 0.327 e. The van der Waals surface area contributed by atoms with Gasteiger partial charge in [0.1, 0.15) is 5.82 Å². The number of fused-ring (bicyclic) bond motifs is 1. The van der Waals surface area contributed by atoms with Gasteiger partial charge in [0, 0.05) is 44.6 Å². The fourth-order valence-corrected chi connectivity index (χ4v) is 4.17. The number of aryl methyl sites for hydroxylation is 1. The molecule has 0 radical (unpaired) electrons. The maximum absolute atomic E-state index is 12.7. The number of pyridine rings is 1. The first-order chi connectivity index (χ1) is 17.0. The molecule has 1 fully saturated rings. The number of amides is 2. The average Bonchev–Trinajstić information content (AvgIpc) is 3.27. The molecule has 2 amide bonds. The summed E-state index contributed by atoms with van der Waals surface area (Å²) in [4.78, 5) is 42.0. The summed E-state index contributed by atoms with van der Waals surface area (Å²) in [7, 11) is 0. The molecule has 4 rings (SSSR count). The van der Waals surface area contributed by atoms with Gasteiger partial charge in [0.25, 0.3) is 0 Å². The molecule has 0 aliphatic carbocycles. The molecule has 0 bridgehead atoms. The molecule has 2 aliphatic rings. The Kier molecular flexibility index (Phi) is 8.02. The van der Waals surface area contributed by atoms with Crippen LogP contribution in [0.15, 0.2) is 42.6 Å². The molecule has 35 heavy (non-hydrogen) atoms. The Morgan fingerprint density at radius 1 is 1.06 bits per heavy atom. The van der Waals surface area contributed by atoms with Gasteiger partial charge in [0.05, 0.1) is 0 Å². The number of carbonyl (C=O) groups excluding carboxylic acids is 2. The van der Waals surface area contributed by atoms with Crippen molar-refractivity contribution < 1.29 is 29.0 Å². The van der Waals surface area contributed by atoms with Gasteiger partial charge in [0.2, 0.25) is 11.8 Å². The third-order valence-electron chi connectivity index (χ3n) is 6.12. The van der Waals surface area contributed by atoms with Crippen molar-refractivity contribution in [3.63, 3.8) is 0 Å². The number of carboxylic acids is 1. The number of anilines is 1. The number of piperidine rings is 1. The largest absolute Gasteiger partial charge is 0.481 e. The van der Waals surface area contributed by atoms with Crippen LogP contribution in [0.5, 0.6) is 11.5 Å². The number of carboxylic acid groups (broad SMARTS) is 1. The second kappa shape index (κ2) is 11.5. The number of nitrogens with zero attached hydrogens (tertiary/aromatic N) is 2. The van der Waals surface area contributed by atoms with Crippen LogP contribution >= 0.6 is 0 Å². The lowest BCUT2D eigenvalue weighted by Gasteiger charge is -2.31. The molecule has 10 heteroatoms. The number of ether oxygens (including phenoxy) is 2. The molecular formula is C25H30N4O6. The summed E-state index contributed by atoms with van der Waals surface area (Å²) in [5, 5.41) is 14.8. The van der Waals surface area contributed by atoms with E-state index in [2.05, 4.69) is 15.6 Å². The Balaban J connectivity index is 1.15. The molecule has 1 atom stereocenters. The molecule has 1 aromatic heterocycles. The molecule has 0 saturated carbocycles. The summed E-state index contributed by atoms with van der Waals surface area (Å²) < 4.78 is 11.3. The third-order valence-corrected chi connectivity index (χ3v) is 6.12. The van der Waals surface area contributed by atoms with Gasteiger partial charge in [-0.1, -0.05) is 12.1 Å². The Bertz CT molecular complexity index is 1040. The topological polar surface area (TPSA) is 130 Å². The Hall–Kier alpha value is -3.82. The summed E-state index contributed by atoms with van der Waals surface area (Å²) in [6.07, 6.45) is 3.56. The van der Waals surface area contributed by atoms with Crippen LogP contribution in [0, 0.1) is 5.92 Å². The number of hydrogen-bond acceptors (Lipinski definition) is 7. The molecular weight excluding hydrogens is 452 g/mol. The van der Waals surface area contributed by atoms with E-state index in [9.17, 15) is 14.4 Å². The number of aliphatic carboxylic acids is 1. The van der Waals surface area contributed by atoms with Crippen LogP contribution in [0.25, 0.3) is 0 Å². The van der Waals surface area contributed by atoms with E-state index in [0.29, 0.717) is 63.2 Å². The summed E-state index contributed by atoms with van der Waals surface area (Å²) in [5.74, 6) is 0.640. The first kappa shape index (κ1) is 24.3. The van der Waals surface area contributed by atoms with Gasteiger partial charge in [-0.25, -0.2) is 4.98 Å². The van der Waals surface area contributed by atoms with E-state index in [4.69, 9.17) is 14.6 Å². The second-order valence-corrected chi connectivity index (χ2v) is 8.65. The van der Waals surface area contributed by atoms with Crippen molar-refractivity contribution in [1.82, 2.24) is 15.2 Å². The SMILES string of the molecule is O=C(O)CCc1ccc2c(c1)OC(NC(=O)C1CCN(C(=O)CCCNc3ccccn3)CC1)O2. The Labute approximate surface area is 203 Å². The minimum absolute atomic E-state index is 0.0308. The zero-order valence-electron chi connectivity index (χ0n) is 19.4. The number of hydrogen-bond donors (Lipinski definition) is 3. The highest BCUT2D eigenvalue weighted by molar-refractivity contribution is 5.80. The van der Waals surface area contributed by atoms with Gasteiger partial charge >= 0.3 is 12.4 Å². The van der Waals surface area contributed by atoms with Crippen molar-refractivity contribution in [2.45, 2.75) is 44.9 Å². The van der Waals surface area contributed by atoms with E-state index in [1.807, 2.05) is 23.1 Å². The molecule has 2 aliphatic heterocycles. The summed E-state index contributed by atoms with van der Waals surface area (Å²) in [6, 6.07) is 10.9. The van der Waals surface area contributed by atoms with E-state index in [1.54, 1.807) is 24.4 Å². The highest BCUT2D eigenvalue weighted by Crippen LogP contribution is 2.35. The fraction of sp³-hybridized carbons (Fsp3) is 0.440. The molecule has 0 spiro atoms. The van der Waals surface area contributed by atoms with Crippen molar-refractivity contribution in [1.29, 1.82) is 0 Å². The van der Waals surface area contributed by atoms with Crippen LogP contribution in [0.2, 0.25) is 0 Å². The molecule has 10 nitrogen and oxygen atoms in total. The molecule has 3 N–H and O–H groups in total. The van der Waals surface area contributed by atoms with E-state index in [-0.39, 0.29) is 24.2 Å². The van der Waals surface area contributed by atoms with Gasteiger partial charge in [-0.15, -0.1) is 0 Å². The Morgan fingerprint density at radius 2 is 1.86 bits per heavy atom. The van der Waals surface area contributed by atoms with E-state index < -0.39 is 12.4 Å². The molecule has 1 aromatic carbocycles. The first-order valence-corrected chi connectivity index (χ1v) is 11.9. The molecule has 3 heterocycles. The Morgan fingerprint density at radius 3 is 2.60 bits per heavy atom. The van der Waals surface area contributed by atoms with Crippen molar-refractivity contribution in [3.8, 4) is 11.5 Å². The normalized spacial score (nSPS) is 17.1. The van der Waals surface area contributed by atoms with Crippen LogP contribution in [-0.2, 0) is 20.8 Å².